The number of phenols is 1. The van der Waals surface area contributed by atoms with Crippen molar-refractivity contribution in [2.45, 2.75) is 33.2 Å². The van der Waals surface area contributed by atoms with Crippen molar-refractivity contribution in [2.24, 2.45) is 0 Å². The van der Waals surface area contributed by atoms with E-state index in [0.717, 1.165) is 17.5 Å². The van der Waals surface area contributed by atoms with E-state index in [9.17, 15) is 9.90 Å². The van der Waals surface area contributed by atoms with Crippen molar-refractivity contribution < 1.29 is 15.0 Å². The first kappa shape index (κ1) is 16.5. The van der Waals surface area contributed by atoms with Crippen LogP contribution in [0.15, 0.2) is 30.3 Å². The molecule has 2 N–H and O–H groups in total. The molecule has 4 nitrogen and oxygen atoms in total. The van der Waals surface area contributed by atoms with Crippen molar-refractivity contribution >= 4 is 5.91 Å². The van der Waals surface area contributed by atoms with Crippen molar-refractivity contribution in [3.63, 3.8) is 0 Å². The average Bonchev–Trinajstić information content (AvgIpc) is 2.88. The van der Waals surface area contributed by atoms with Gasteiger partial charge in [0.15, 0.2) is 0 Å². The summed E-state index contributed by atoms with van der Waals surface area (Å²) in [5.74, 6) is 0.149. The van der Waals surface area contributed by atoms with Crippen LogP contribution in [-0.4, -0.2) is 34.2 Å². The van der Waals surface area contributed by atoms with Crippen LogP contribution in [0.1, 0.15) is 38.2 Å². The third-order valence-electron chi connectivity index (χ3n) is 4.75. The lowest BCUT2D eigenvalue weighted by Gasteiger charge is -2.15. The molecule has 1 aliphatic heterocycles. The van der Waals surface area contributed by atoms with Crippen molar-refractivity contribution in [1.29, 1.82) is 0 Å². The molecular formula is C20H23NO3. The van der Waals surface area contributed by atoms with Gasteiger partial charge < -0.3 is 15.1 Å². The minimum Gasteiger partial charge on any atom is -0.507 e. The fourth-order valence-electron chi connectivity index (χ4n) is 3.30. The van der Waals surface area contributed by atoms with Crippen molar-refractivity contribution in [3.8, 4) is 5.75 Å². The molecule has 0 aliphatic carbocycles. The monoisotopic (exact) mass is 325 g/mol. The zero-order valence-electron chi connectivity index (χ0n) is 14.2. The molecule has 0 saturated carbocycles. The van der Waals surface area contributed by atoms with E-state index in [4.69, 9.17) is 5.11 Å². The van der Waals surface area contributed by atoms with Gasteiger partial charge in [-0.1, -0.05) is 29.8 Å². The van der Waals surface area contributed by atoms with Gasteiger partial charge in [0.25, 0.3) is 5.91 Å². The van der Waals surface area contributed by atoms with Gasteiger partial charge in [0.05, 0.1) is 6.54 Å². The van der Waals surface area contributed by atoms with E-state index < -0.39 is 0 Å². The summed E-state index contributed by atoms with van der Waals surface area (Å²) < 4.78 is 0. The van der Waals surface area contributed by atoms with E-state index in [1.165, 1.54) is 11.1 Å². The van der Waals surface area contributed by atoms with E-state index in [2.05, 4.69) is 31.2 Å². The third kappa shape index (κ3) is 3.02. The molecule has 2 aromatic rings. The van der Waals surface area contributed by atoms with Gasteiger partial charge >= 0.3 is 0 Å². The molecule has 126 valence electrons. The second kappa shape index (κ2) is 6.65. The Hall–Kier alpha value is -2.33. The molecule has 0 saturated heterocycles. The number of nitrogens with zero attached hydrogens (tertiary/aromatic N) is 1. The molecule has 0 unspecified atom stereocenters. The van der Waals surface area contributed by atoms with Gasteiger partial charge in [0, 0.05) is 24.3 Å². The van der Waals surface area contributed by atoms with E-state index >= 15 is 0 Å². The Morgan fingerprint density at radius 2 is 1.83 bits per heavy atom. The number of aliphatic hydroxyl groups excluding tert-OH is 1. The number of carbonyl (C=O) groups excluding carboxylic acids is 1. The molecule has 2 aromatic carbocycles. The van der Waals surface area contributed by atoms with E-state index in [-0.39, 0.29) is 18.3 Å². The van der Waals surface area contributed by atoms with Crippen LogP contribution in [0.25, 0.3) is 0 Å². The van der Waals surface area contributed by atoms with Crippen LogP contribution >= 0.6 is 0 Å². The summed E-state index contributed by atoms with van der Waals surface area (Å²) in [6, 6.07) is 10.2. The minimum atomic E-state index is -0.0222. The average molecular weight is 325 g/mol. The third-order valence-corrected chi connectivity index (χ3v) is 4.75. The zero-order valence-corrected chi connectivity index (χ0v) is 14.2. The Kier molecular flexibility index (Phi) is 4.58. The van der Waals surface area contributed by atoms with Crippen molar-refractivity contribution in [2.75, 3.05) is 13.2 Å². The fraction of sp³-hybridized carbons (Fsp3) is 0.350. The number of fused-ring (bicyclic) bond motifs is 1. The van der Waals surface area contributed by atoms with Gasteiger partial charge in [-0.05, 0) is 49.4 Å². The summed E-state index contributed by atoms with van der Waals surface area (Å²) in [6.45, 7) is 4.97. The number of aromatic hydroxyl groups is 1. The predicted molar refractivity (Wildman–Crippen MR) is 93.3 cm³/mol. The lowest BCUT2D eigenvalue weighted by molar-refractivity contribution is 0.0780. The first-order chi connectivity index (χ1) is 11.5. The van der Waals surface area contributed by atoms with Crippen LogP contribution in [0, 0.1) is 13.8 Å². The zero-order chi connectivity index (χ0) is 17.3. The highest BCUT2D eigenvalue weighted by Gasteiger charge is 2.31. The Morgan fingerprint density at radius 3 is 2.50 bits per heavy atom. The highest BCUT2D eigenvalue weighted by atomic mass is 16.3. The quantitative estimate of drug-likeness (QED) is 0.888. The topological polar surface area (TPSA) is 60.8 Å². The molecule has 0 spiro atoms. The number of carbonyl (C=O) groups is 1. The first-order valence-electron chi connectivity index (χ1n) is 8.31. The number of aryl methyl sites for hydroxylation is 2. The Morgan fingerprint density at radius 1 is 1.12 bits per heavy atom. The van der Waals surface area contributed by atoms with Gasteiger partial charge in [-0.3, -0.25) is 4.79 Å². The summed E-state index contributed by atoms with van der Waals surface area (Å²) in [4.78, 5) is 14.4. The number of aliphatic hydroxyl groups is 1. The molecule has 0 atom stereocenters. The highest BCUT2D eigenvalue weighted by Crippen LogP contribution is 2.35. The molecule has 0 fully saturated rings. The van der Waals surface area contributed by atoms with Crippen molar-refractivity contribution in [1.82, 2.24) is 4.90 Å². The number of benzene rings is 2. The maximum Gasteiger partial charge on any atom is 0.254 e. The lowest BCUT2D eigenvalue weighted by Crippen LogP contribution is -2.26. The van der Waals surface area contributed by atoms with Gasteiger partial charge in [-0.15, -0.1) is 0 Å². The molecule has 24 heavy (non-hydrogen) atoms. The Balaban J connectivity index is 1.78. The molecule has 1 amide bonds. The van der Waals surface area contributed by atoms with Gasteiger partial charge in [-0.2, -0.15) is 0 Å². The molecule has 1 heterocycles. The maximum absolute atomic E-state index is 12.6. The predicted octanol–water partition coefficient (Wildman–Crippen LogP) is 2.74. The van der Waals surface area contributed by atoms with E-state index in [0.29, 0.717) is 30.6 Å². The van der Waals surface area contributed by atoms with Crippen LogP contribution in [0.3, 0.4) is 0 Å². The number of amides is 1. The number of rotatable bonds is 5. The second-order valence-electron chi connectivity index (χ2n) is 6.48. The fourth-order valence-corrected chi connectivity index (χ4v) is 3.30. The summed E-state index contributed by atoms with van der Waals surface area (Å²) >= 11 is 0. The van der Waals surface area contributed by atoms with Gasteiger partial charge in [0.2, 0.25) is 0 Å². The largest absolute Gasteiger partial charge is 0.507 e. The van der Waals surface area contributed by atoms with Gasteiger partial charge in [-0.25, -0.2) is 0 Å². The van der Waals surface area contributed by atoms with Crippen molar-refractivity contribution in [3.05, 3.63) is 63.7 Å². The maximum atomic E-state index is 12.6. The Bertz CT molecular complexity index is 765. The van der Waals surface area contributed by atoms with E-state index in [1.54, 1.807) is 4.90 Å². The molecule has 0 radical (unpaired) electrons. The van der Waals surface area contributed by atoms with E-state index in [1.807, 2.05) is 13.0 Å². The first-order valence-corrected chi connectivity index (χ1v) is 8.31. The van der Waals surface area contributed by atoms with Crippen LogP contribution in [0.2, 0.25) is 0 Å². The summed E-state index contributed by atoms with van der Waals surface area (Å²) in [7, 11) is 0. The van der Waals surface area contributed by atoms with Crippen LogP contribution in [0.4, 0.5) is 0 Å². The smallest absolute Gasteiger partial charge is 0.254 e. The summed E-state index contributed by atoms with van der Waals surface area (Å²) in [6.07, 6.45) is 1.20. The highest BCUT2D eigenvalue weighted by molar-refractivity contribution is 5.99. The summed E-state index contributed by atoms with van der Waals surface area (Å²) in [5, 5.41) is 19.6. The number of phenolic OH excluding ortho intramolecular Hbond substituents is 1. The molecular weight excluding hydrogens is 302 g/mol. The molecule has 0 aromatic heterocycles. The molecule has 3 rings (SSSR count). The summed E-state index contributed by atoms with van der Waals surface area (Å²) in [5.41, 5.74) is 5.30. The molecule has 0 bridgehead atoms. The van der Waals surface area contributed by atoms with Crippen LogP contribution in [-0.2, 0) is 19.4 Å². The van der Waals surface area contributed by atoms with Crippen LogP contribution < -0.4 is 0 Å². The number of hydrogen-bond acceptors (Lipinski definition) is 3. The van der Waals surface area contributed by atoms with Gasteiger partial charge in [0.1, 0.15) is 5.75 Å². The normalized spacial score (nSPS) is 13.5. The molecule has 1 aliphatic rings. The number of hydrogen-bond donors (Lipinski definition) is 2. The second-order valence-corrected chi connectivity index (χ2v) is 6.48. The Labute approximate surface area is 142 Å². The lowest BCUT2D eigenvalue weighted by atomic mass is 9.97. The SMILES string of the molecule is Cc1ccc(CCN2Cc3c(cc(C)c(CCO)c3O)C2=O)cc1. The minimum absolute atomic E-state index is 0.0156. The van der Waals surface area contributed by atoms with Crippen LogP contribution in [0.5, 0.6) is 5.75 Å². The standard InChI is InChI=1S/C20H23NO3/c1-13-3-5-15(6-4-13)7-9-21-12-18-17(20(21)24)11-14(2)16(8-10-22)19(18)23/h3-6,11,22-23H,7-10,12H2,1-2H3. The molecule has 4 heteroatoms.